The molecular formula is C20H22Br2. The van der Waals surface area contributed by atoms with Gasteiger partial charge in [0.05, 0.1) is 0 Å². The molecule has 22 heavy (non-hydrogen) atoms. The van der Waals surface area contributed by atoms with E-state index in [-0.39, 0.29) is 5.41 Å². The fourth-order valence-electron chi connectivity index (χ4n) is 2.57. The Morgan fingerprint density at radius 2 is 1.23 bits per heavy atom. The van der Waals surface area contributed by atoms with Crippen molar-refractivity contribution in [2.45, 2.75) is 26.7 Å². The first-order valence-electron chi connectivity index (χ1n) is 7.53. The van der Waals surface area contributed by atoms with E-state index in [4.69, 9.17) is 0 Å². The van der Waals surface area contributed by atoms with E-state index in [1.165, 1.54) is 11.1 Å². The Hall–Kier alpha value is -0.860. The van der Waals surface area contributed by atoms with Crippen LogP contribution in [-0.4, -0.2) is 0 Å². The summed E-state index contributed by atoms with van der Waals surface area (Å²) in [5.41, 5.74) is 2.85. The molecule has 0 saturated carbocycles. The third-order valence-electron chi connectivity index (χ3n) is 4.37. The third kappa shape index (κ3) is 4.82. The number of hydrogen-bond donors (Lipinski definition) is 0. The summed E-state index contributed by atoms with van der Waals surface area (Å²) < 4.78 is 2.26. The Balaban J connectivity index is 2.21. The lowest BCUT2D eigenvalue weighted by Crippen LogP contribution is -2.26. The van der Waals surface area contributed by atoms with Crippen LogP contribution < -0.4 is 0 Å². The number of halogens is 2. The average Bonchev–Trinajstić information content (AvgIpc) is 2.51. The molecule has 0 aliphatic rings. The fraction of sp³-hybridized carbons (Fsp3) is 0.300. The van der Waals surface area contributed by atoms with Gasteiger partial charge < -0.3 is 0 Å². The van der Waals surface area contributed by atoms with Crippen LogP contribution >= 0.6 is 31.9 Å². The van der Waals surface area contributed by atoms with Crippen LogP contribution in [0.4, 0.5) is 0 Å². The molecule has 0 heterocycles. The van der Waals surface area contributed by atoms with Crippen LogP contribution in [-0.2, 0) is 12.8 Å². The van der Waals surface area contributed by atoms with Crippen LogP contribution in [0.15, 0.2) is 70.1 Å². The second kappa shape index (κ2) is 7.61. The zero-order valence-corrected chi connectivity index (χ0v) is 16.3. The van der Waals surface area contributed by atoms with Crippen LogP contribution in [0.25, 0.3) is 0 Å². The van der Waals surface area contributed by atoms with Crippen LogP contribution in [0.1, 0.15) is 25.0 Å². The zero-order valence-electron chi connectivity index (χ0n) is 13.2. The highest BCUT2D eigenvalue weighted by molar-refractivity contribution is 9.10. The second-order valence-corrected chi connectivity index (χ2v) is 8.21. The Kier molecular flexibility index (Phi) is 6.05. The van der Waals surface area contributed by atoms with Crippen molar-refractivity contribution in [1.29, 1.82) is 0 Å². The topological polar surface area (TPSA) is 0 Å². The molecule has 0 spiro atoms. The largest absolute Gasteiger partial charge is 0.103 e. The molecule has 0 saturated heterocycles. The van der Waals surface area contributed by atoms with Crippen LogP contribution in [0.2, 0.25) is 0 Å². The fourth-order valence-corrected chi connectivity index (χ4v) is 3.10. The highest BCUT2D eigenvalue weighted by Gasteiger charge is 2.26. The standard InChI is InChI=1S/C20H22Br2/c1-4-20(2,3)17(13-15-5-9-18(21)10-6-15)14-16-7-11-19(22)12-8-16/h4-12,17H,1,13-14H2,2-3H3. The molecule has 0 aliphatic heterocycles. The Bertz CT molecular complexity index is 562. The predicted octanol–water partition coefficient (Wildman–Crippen LogP) is 6.83. The Morgan fingerprint density at radius 1 is 0.864 bits per heavy atom. The summed E-state index contributed by atoms with van der Waals surface area (Å²) in [5, 5.41) is 0. The molecule has 0 bridgehead atoms. The summed E-state index contributed by atoms with van der Waals surface area (Å²) in [5.74, 6) is 0.521. The van der Waals surface area contributed by atoms with Crippen molar-refractivity contribution in [3.8, 4) is 0 Å². The van der Waals surface area contributed by atoms with Gasteiger partial charge in [0.25, 0.3) is 0 Å². The van der Waals surface area contributed by atoms with Crippen LogP contribution in [0, 0.1) is 11.3 Å². The number of allylic oxidation sites excluding steroid dienone is 1. The highest BCUT2D eigenvalue weighted by atomic mass is 79.9. The molecule has 0 atom stereocenters. The lowest BCUT2D eigenvalue weighted by atomic mass is 9.73. The van der Waals surface area contributed by atoms with Gasteiger partial charge in [-0.2, -0.15) is 0 Å². The molecule has 2 rings (SSSR count). The van der Waals surface area contributed by atoms with Gasteiger partial charge in [-0.3, -0.25) is 0 Å². The minimum absolute atomic E-state index is 0.0974. The molecule has 0 N–H and O–H groups in total. The highest BCUT2D eigenvalue weighted by Crippen LogP contribution is 2.34. The van der Waals surface area contributed by atoms with Gasteiger partial charge in [-0.15, -0.1) is 6.58 Å². The van der Waals surface area contributed by atoms with Gasteiger partial charge in [-0.1, -0.05) is 76.0 Å². The monoisotopic (exact) mass is 420 g/mol. The van der Waals surface area contributed by atoms with Gasteiger partial charge in [0.1, 0.15) is 0 Å². The van der Waals surface area contributed by atoms with Gasteiger partial charge >= 0.3 is 0 Å². The quantitative estimate of drug-likeness (QED) is 0.448. The minimum Gasteiger partial charge on any atom is -0.103 e. The minimum atomic E-state index is 0.0974. The van der Waals surface area contributed by atoms with Gasteiger partial charge in [0.2, 0.25) is 0 Å². The lowest BCUT2D eigenvalue weighted by Gasteiger charge is -2.32. The molecule has 2 aromatic carbocycles. The first-order chi connectivity index (χ1) is 10.4. The number of benzene rings is 2. The molecule has 0 radical (unpaired) electrons. The molecule has 2 aromatic rings. The molecule has 0 aromatic heterocycles. The van der Waals surface area contributed by atoms with E-state index in [0.717, 1.165) is 21.8 Å². The maximum absolute atomic E-state index is 4.05. The summed E-state index contributed by atoms with van der Waals surface area (Å²) in [6.45, 7) is 8.61. The van der Waals surface area contributed by atoms with Gasteiger partial charge in [-0.05, 0) is 59.6 Å². The summed E-state index contributed by atoms with van der Waals surface area (Å²) in [4.78, 5) is 0. The van der Waals surface area contributed by atoms with E-state index in [1.807, 2.05) is 0 Å². The molecule has 116 valence electrons. The summed E-state index contributed by atoms with van der Waals surface area (Å²) in [6, 6.07) is 17.3. The van der Waals surface area contributed by atoms with E-state index < -0.39 is 0 Å². The molecule has 0 nitrogen and oxygen atoms in total. The summed E-state index contributed by atoms with van der Waals surface area (Å²) in [7, 11) is 0. The van der Waals surface area contributed by atoms with E-state index in [1.54, 1.807) is 0 Å². The van der Waals surface area contributed by atoms with Gasteiger partial charge in [0, 0.05) is 8.95 Å². The average molecular weight is 422 g/mol. The Labute approximate surface area is 150 Å². The maximum atomic E-state index is 4.05. The van der Waals surface area contributed by atoms with Crippen molar-refractivity contribution in [2.24, 2.45) is 11.3 Å². The molecule has 0 aliphatic carbocycles. The Morgan fingerprint density at radius 3 is 1.55 bits per heavy atom. The first-order valence-corrected chi connectivity index (χ1v) is 9.12. The van der Waals surface area contributed by atoms with Crippen molar-refractivity contribution in [3.63, 3.8) is 0 Å². The normalized spacial score (nSPS) is 11.7. The molecule has 2 heteroatoms. The van der Waals surface area contributed by atoms with E-state index in [2.05, 4.69) is 107 Å². The van der Waals surface area contributed by atoms with Crippen molar-refractivity contribution in [2.75, 3.05) is 0 Å². The van der Waals surface area contributed by atoms with Crippen LogP contribution in [0.5, 0.6) is 0 Å². The number of hydrogen-bond acceptors (Lipinski definition) is 0. The smallest absolute Gasteiger partial charge is 0.0175 e. The predicted molar refractivity (Wildman–Crippen MR) is 103 cm³/mol. The molecule has 0 amide bonds. The second-order valence-electron chi connectivity index (χ2n) is 6.38. The van der Waals surface area contributed by atoms with E-state index >= 15 is 0 Å². The summed E-state index contributed by atoms with van der Waals surface area (Å²) in [6.07, 6.45) is 4.21. The first kappa shape index (κ1) is 17.5. The lowest BCUT2D eigenvalue weighted by molar-refractivity contribution is 0.279. The third-order valence-corrected chi connectivity index (χ3v) is 5.43. The van der Waals surface area contributed by atoms with E-state index in [9.17, 15) is 0 Å². The molecular weight excluding hydrogens is 400 g/mol. The van der Waals surface area contributed by atoms with Crippen molar-refractivity contribution < 1.29 is 0 Å². The SMILES string of the molecule is C=CC(C)(C)C(Cc1ccc(Br)cc1)Cc1ccc(Br)cc1. The van der Waals surface area contributed by atoms with E-state index in [0.29, 0.717) is 5.92 Å². The molecule has 0 fully saturated rings. The van der Waals surface area contributed by atoms with Gasteiger partial charge in [0.15, 0.2) is 0 Å². The van der Waals surface area contributed by atoms with Crippen molar-refractivity contribution in [1.82, 2.24) is 0 Å². The molecule has 0 unspecified atom stereocenters. The van der Waals surface area contributed by atoms with Crippen LogP contribution in [0.3, 0.4) is 0 Å². The van der Waals surface area contributed by atoms with Gasteiger partial charge in [-0.25, -0.2) is 0 Å². The summed E-state index contributed by atoms with van der Waals surface area (Å²) >= 11 is 7.01. The van der Waals surface area contributed by atoms with Crippen molar-refractivity contribution in [3.05, 3.63) is 81.3 Å². The zero-order chi connectivity index (χ0) is 16.2. The maximum Gasteiger partial charge on any atom is 0.0175 e. The van der Waals surface area contributed by atoms with Crippen molar-refractivity contribution >= 4 is 31.9 Å². The number of rotatable bonds is 6.